The number of rotatable bonds is 2. The first-order chi connectivity index (χ1) is 8.10. The van der Waals surface area contributed by atoms with E-state index in [1.165, 1.54) is 6.08 Å². The average Bonchev–Trinajstić information content (AvgIpc) is 2.74. The highest BCUT2D eigenvalue weighted by atomic mass is 19.1. The molecule has 0 amide bonds. The van der Waals surface area contributed by atoms with Crippen LogP contribution in [0.15, 0.2) is 17.1 Å². The minimum atomic E-state index is -1.07. The smallest absolute Gasteiger partial charge is 0.235 e. The summed E-state index contributed by atoms with van der Waals surface area (Å²) in [6.45, 7) is 0. The molecule has 0 unspecified atom stereocenters. The number of hydrogen-bond acceptors (Lipinski definition) is 4. The second-order valence-electron chi connectivity index (χ2n) is 4.23. The molecule has 0 atom stereocenters. The van der Waals surface area contributed by atoms with Gasteiger partial charge in [-0.25, -0.2) is 9.18 Å². The van der Waals surface area contributed by atoms with Crippen LogP contribution in [0, 0.1) is 5.82 Å². The van der Waals surface area contributed by atoms with Crippen LogP contribution in [0.1, 0.15) is 31.2 Å². The third kappa shape index (κ3) is 1.78. The number of aliphatic imine (C=N–C) groups is 1. The third-order valence-corrected chi connectivity index (χ3v) is 3.26. The lowest BCUT2D eigenvalue weighted by Crippen LogP contribution is -2.21. The van der Waals surface area contributed by atoms with Crippen molar-refractivity contribution in [2.45, 2.75) is 31.2 Å². The summed E-state index contributed by atoms with van der Waals surface area (Å²) >= 11 is 0. The van der Waals surface area contributed by atoms with Crippen molar-refractivity contribution in [3.05, 3.63) is 23.5 Å². The van der Waals surface area contributed by atoms with Crippen LogP contribution in [0.5, 0.6) is 11.5 Å². The molecule has 0 aromatic heterocycles. The Morgan fingerprint density at radius 3 is 2.53 bits per heavy atom. The lowest BCUT2D eigenvalue weighted by Gasteiger charge is -2.24. The molecule has 5 heteroatoms. The molecule has 0 bridgehead atoms. The van der Waals surface area contributed by atoms with Gasteiger partial charge in [-0.05, 0) is 25.0 Å². The lowest BCUT2D eigenvalue weighted by atomic mass is 9.87. The monoisotopic (exact) mass is 237 g/mol. The average molecular weight is 237 g/mol. The number of nitrogens with zero attached hydrogens (tertiary/aromatic N) is 1. The van der Waals surface area contributed by atoms with Gasteiger partial charge in [0.15, 0.2) is 11.5 Å². The van der Waals surface area contributed by atoms with E-state index in [-0.39, 0.29) is 5.56 Å². The lowest BCUT2D eigenvalue weighted by molar-refractivity contribution is 0.360. The van der Waals surface area contributed by atoms with Crippen LogP contribution >= 0.6 is 0 Å². The predicted octanol–water partition coefficient (Wildman–Crippen LogP) is 2.34. The second kappa shape index (κ2) is 4.18. The topological polar surface area (TPSA) is 69.9 Å². The van der Waals surface area contributed by atoms with Gasteiger partial charge in [-0.3, -0.25) is 0 Å². The number of isocyanates is 1. The van der Waals surface area contributed by atoms with E-state index in [4.69, 9.17) is 0 Å². The zero-order valence-electron chi connectivity index (χ0n) is 9.11. The van der Waals surface area contributed by atoms with Gasteiger partial charge in [-0.1, -0.05) is 12.8 Å². The fourth-order valence-electron chi connectivity index (χ4n) is 2.46. The SMILES string of the molecule is O=C=NC1(c2c(F)ccc(O)c2O)CCCC1. The number of aromatic hydroxyl groups is 2. The molecule has 17 heavy (non-hydrogen) atoms. The molecular weight excluding hydrogens is 225 g/mol. The maximum atomic E-state index is 13.8. The van der Waals surface area contributed by atoms with Gasteiger partial charge in [-0.2, -0.15) is 4.99 Å². The molecule has 0 saturated heterocycles. The Morgan fingerprint density at radius 1 is 1.29 bits per heavy atom. The number of phenolic OH excluding ortho intramolecular Hbond substituents is 2. The molecule has 1 fully saturated rings. The highest BCUT2D eigenvalue weighted by molar-refractivity contribution is 5.51. The molecule has 0 spiro atoms. The molecule has 90 valence electrons. The molecule has 2 rings (SSSR count). The largest absolute Gasteiger partial charge is 0.504 e. The van der Waals surface area contributed by atoms with Gasteiger partial charge in [0.2, 0.25) is 6.08 Å². The van der Waals surface area contributed by atoms with Crippen LogP contribution in [0.2, 0.25) is 0 Å². The van der Waals surface area contributed by atoms with E-state index in [1.54, 1.807) is 0 Å². The molecule has 0 radical (unpaired) electrons. The van der Waals surface area contributed by atoms with E-state index in [0.717, 1.165) is 25.0 Å². The van der Waals surface area contributed by atoms with Crippen molar-refractivity contribution < 1.29 is 19.4 Å². The van der Waals surface area contributed by atoms with Crippen LogP contribution in [-0.2, 0) is 10.3 Å². The van der Waals surface area contributed by atoms with Gasteiger partial charge < -0.3 is 10.2 Å². The van der Waals surface area contributed by atoms with Crippen LogP contribution in [0.25, 0.3) is 0 Å². The summed E-state index contributed by atoms with van der Waals surface area (Å²) in [7, 11) is 0. The van der Waals surface area contributed by atoms with Crippen LogP contribution < -0.4 is 0 Å². The highest BCUT2D eigenvalue weighted by Gasteiger charge is 2.40. The molecule has 0 heterocycles. The summed E-state index contributed by atoms with van der Waals surface area (Å²) in [5.74, 6) is -1.61. The van der Waals surface area contributed by atoms with Crippen molar-refractivity contribution in [2.75, 3.05) is 0 Å². The molecule has 1 aliphatic carbocycles. The maximum absolute atomic E-state index is 13.8. The summed E-state index contributed by atoms with van der Waals surface area (Å²) in [5.41, 5.74) is -1.17. The van der Waals surface area contributed by atoms with E-state index in [2.05, 4.69) is 4.99 Å². The number of phenols is 2. The van der Waals surface area contributed by atoms with Crippen molar-refractivity contribution in [3.8, 4) is 11.5 Å². The Bertz CT molecular complexity index is 489. The van der Waals surface area contributed by atoms with E-state index in [9.17, 15) is 19.4 Å². The summed E-state index contributed by atoms with van der Waals surface area (Å²) in [6, 6.07) is 2.13. The molecule has 2 N–H and O–H groups in total. The van der Waals surface area contributed by atoms with Crippen molar-refractivity contribution in [1.82, 2.24) is 0 Å². The van der Waals surface area contributed by atoms with Crippen LogP contribution in [0.4, 0.5) is 4.39 Å². The summed E-state index contributed by atoms with van der Waals surface area (Å²) in [5, 5.41) is 19.2. The van der Waals surface area contributed by atoms with E-state index < -0.39 is 22.9 Å². The van der Waals surface area contributed by atoms with Crippen molar-refractivity contribution >= 4 is 6.08 Å². The predicted molar refractivity (Wildman–Crippen MR) is 58.0 cm³/mol. The van der Waals surface area contributed by atoms with Crippen LogP contribution in [-0.4, -0.2) is 16.3 Å². The maximum Gasteiger partial charge on any atom is 0.235 e. The van der Waals surface area contributed by atoms with Crippen molar-refractivity contribution in [3.63, 3.8) is 0 Å². The van der Waals surface area contributed by atoms with Gasteiger partial charge in [0.25, 0.3) is 0 Å². The normalized spacial score (nSPS) is 17.7. The molecular formula is C12H12FNO3. The molecule has 0 aliphatic heterocycles. The highest BCUT2D eigenvalue weighted by Crippen LogP contribution is 2.48. The van der Waals surface area contributed by atoms with Crippen LogP contribution in [0.3, 0.4) is 0 Å². The number of halogens is 1. The molecule has 1 saturated carbocycles. The Kier molecular flexibility index (Phi) is 2.86. The minimum absolute atomic E-state index is 0.0987. The zero-order valence-corrected chi connectivity index (χ0v) is 9.11. The Morgan fingerprint density at radius 2 is 1.94 bits per heavy atom. The second-order valence-corrected chi connectivity index (χ2v) is 4.23. The Hall–Kier alpha value is -1.87. The fourth-order valence-corrected chi connectivity index (χ4v) is 2.46. The van der Waals surface area contributed by atoms with Gasteiger partial charge in [-0.15, -0.1) is 0 Å². The third-order valence-electron chi connectivity index (χ3n) is 3.26. The van der Waals surface area contributed by atoms with E-state index in [0.29, 0.717) is 12.8 Å². The summed E-state index contributed by atoms with van der Waals surface area (Å²) in [6.07, 6.45) is 3.96. The zero-order chi connectivity index (χ0) is 12.5. The summed E-state index contributed by atoms with van der Waals surface area (Å²) < 4.78 is 13.8. The standard InChI is InChI=1S/C12H12FNO3/c13-8-3-4-9(16)11(17)10(8)12(14-7-15)5-1-2-6-12/h3-4,16-17H,1-2,5-6H2. The first kappa shape index (κ1) is 11.6. The van der Waals surface area contributed by atoms with Gasteiger partial charge >= 0.3 is 0 Å². The molecule has 4 nitrogen and oxygen atoms in total. The molecule has 1 aliphatic rings. The number of hydrogen-bond donors (Lipinski definition) is 2. The van der Waals surface area contributed by atoms with E-state index in [1.807, 2.05) is 0 Å². The Labute approximate surface area is 97.4 Å². The first-order valence-corrected chi connectivity index (χ1v) is 5.41. The molecule has 1 aromatic carbocycles. The minimum Gasteiger partial charge on any atom is -0.504 e. The number of carbonyl (C=O) groups excluding carboxylic acids is 1. The van der Waals surface area contributed by atoms with Crippen molar-refractivity contribution in [1.29, 1.82) is 0 Å². The van der Waals surface area contributed by atoms with Crippen molar-refractivity contribution in [2.24, 2.45) is 4.99 Å². The number of benzene rings is 1. The quantitative estimate of drug-likeness (QED) is 0.471. The molecule has 1 aromatic rings. The van der Waals surface area contributed by atoms with Gasteiger partial charge in [0.1, 0.15) is 11.4 Å². The first-order valence-electron chi connectivity index (χ1n) is 5.41. The Balaban J connectivity index is 2.65. The fraction of sp³-hybridized carbons (Fsp3) is 0.417. The van der Waals surface area contributed by atoms with Gasteiger partial charge in [0.05, 0.1) is 5.56 Å². The van der Waals surface area contributed by atoms with E-state index >= 15 is 0 Å². The van der Waals surface area contributed by atoms with Gasteiger partial charge in [0, 0.05) is 0 Å². The summed E-state index contributed by atoms with van der Waals surface area (Å²) in [4.78, 5) is 14.2.